The normalized spacial score (nSPS) is 19.4. The zero-order valence-electron chi connectivity index (χ0n) is 12.3. The molecule has 20 heavy (non-hydrogen) atoms. The molecule has 1 aliphatic heterocycles. The molecular weight excluding hydrogens is 385 g/mol. The van der Waals surface area contributed by atoms with Crippen molar-refractivity contribution in [1.82, 2.24) is 9.97 Å². The molecule has 0 spiro atoms. The van der Waals surface area contributed by atoms with Gasteiger partial charge in [0.25, 0.3) is 0 Å². The highest BCUT2D eigenvalue weighted by atomic mass is 127. The zero-order chi connectivity index (χ0) is 14.5. The van der Waals surface area contributed by atoms with Crippen LogP contribution in [0.4, 0.5) is 5.82 Å². The Bertz CT molecular complexity index is 450. The summed E-state index contributed by atoms with van der Waals surface area (Å²) in [7, 11) is 0. The summed E-state index contributed by atoms with van der Waals surface area (Å²) in [5.74, 6) is 4.40. The van der Waals surface area contributed by atoms with Crippen LogP contribution in [0.15, 0.2) is 0 Å². The summed E-state index contributed by atoms with van der Waals surface area (Å²) >= 11 is 4.27. The van der Waals surface area contributed by atoms with Crippen LogP contribution in [0.1, 0.15) is 38.4 Å². The maximum absolute atomic E-state index is 5.82. The van der Waals surface area contributed by atoms with Crippen molar-refractivity contribution in [2.24, 2.45) is 5.92 Å². The minimum absolute atomic E-state index is 0.0362. The largest absolute Gasteiger partial charge is 0.369 e. The van der Waals surface area contributed by atoms with Crippen LogP contribution in [0.5, 0.6) is 0 Å². The number of hydrogen-bond acceptors (Lipinski definition) is 5. The van der Waals surface area contributed by atoms with Crippen molar-refractivity contribution in [3.8, 4) is 0 Å². The number of thioether (sulfide) groups is 1. The van der Waals surface area contributed by atoms with Gasteiger partial charge < -0.3 is 10.1 Å². The summed E-state index contributed by atoms with van der Waals surface area (Å²) in [6.07, 6.45) is 1.01. The van der Waals surface area contributed by atoms with Crippen LogP contribution in [-0.4, -0.2) is 34.6 Å². The molecule has 1 N–H and O–H groups in total. The fourth-order valence-corrected chi connectivity index (χ4v) is 3.59. The van der Waals surface area contributed by atoms with E-state index >= 15 is 0 Å². The number of nitrogens with zero attached hydrogens (tertiary/aromatic N) is 2. The first-order valence-corrected chi connectivity index (χ1v) is 9.34. The van der Waals surface area contributed by atoms with Crippen LogP contribution in [0.2, 0.25) is 0 Å². The van der Waals surface area contributed by atoms with Crippen LogP contribution in [-0.2, 0) is 11.2 Å². The molecule has 0 saturated carbocycles. The second-order valence-corrected chi connectivity index (χ2v) is 7.48. The average Bonchev–Trinajstić information content (AvgIpc) is 2.44. The van der Waals surface area contributed by atoms with E-state index in [0.717, 1.165) is 52.0 Å². The molecule has 0 radical (unpaired) electrons. The maximum atomic E-state index is 5.82. The van der Waals surface area contributed by atoms with Gasteiger partial charge in [-0.25, -0.2) is 9.97 Å². The van der Waals surface area contributed by atoms with Gasteiger partial charge in [0.05, 0.1) is 15.9 Å². The number of rotatable bonds is 5. The van der Waals surface area contributed by atoms with E-state index in [0.29, 0.717) is 5.92 Å². The molecule has 0 aliphatic carbocycles. The molecule has 1 aromatic rings. The third kappa shape index (κ3) is 4.21. The molecular formula is C14H22IN3OS. The van der Waals surface area contributed by atoms with Gasteiger partial charge in [0.15, 0.2) is 5.82 Å². The predicted molar refractivity (Wildman–Crippen MR) is 93.5 cm³/mol. The monoisotopic (exact) mass is 407 g/mol. The van der Waals surface area contributed by atoms with Crippen molar-refractivity contribution >= 4 is 40.2 Å². The van der Waals surface area contributed by atoms with E-state index in [1.807, 2.05) is 11.8 Å². The SMILES string of the molecule is CCNc1nc(C2CSCCO2)nc(CC(C)C)c1I. The zero-order valence-corrected chi connectivity index (χ0v) is 15.3. The average molecular weight is 407 g/mol. The quantitative estimate of drug-likeness (QED) is 0.757. The Morgan fingerprint density at radius 1 is 1.45 bits per heavy atom. The van der Waals surface area contributed by atoms with Crippen molar-refractivity contribution < 1.29 is 4.74 Å². The fraction of sp³-hybridized carbons (Fsp3) is 0.714. The van der Waals surface area contributed by atoms with Crippen molar-refractivity contribution in [3.63, 3.8) is 0 Å². The lowest BCUT2D eigenvalue weighted by molar-refractivity contribution is 0.0693. The van der Waals surface area contributed by atoms with Gasteiger partial charge in [-0.3, -0.25) is 0 Å². The molecule has 4 nitrogen and oxygen atoms in total. The topological polar surface area (TPSA) is 47.0 Å². The van der Waals surface area contributed by atoms with Crippen LogP contribution < -0.4 is 5.32 Å². The predicted octanol–water partition coefficient (Wildman–Crippen LogP) is 3.52. The Labute approximate surface area is 139 Å². The molecule has 6 heteroatoms. The molecule has 1 unspecified atom stereocenters. The molecule has 0 bridgehead atoms. The highest BCUT2D eigenvalue weighted by molar-refractivity contribution is 14.1. The first-order valence-electron chi connectivity index (χ1n) is 7.11. The lowest BCUT2D eigenvalue weighted by atomic mass is 10.1. The van der Waals surface area contributed by atoms with Gasteiger partial charge >= 0.3 is 0 Å². The number of hydrogen-bond donors (Lipinski definition) is 1. The van der Waals surface area contributed by atoms with Crippen LogP contribution >= 0.6 is 34.4 Å². The van der Waals surface area contributed by atoms with Gasteiger partial charge in [0.1, 0.15) is 11.9 Å². The molecule has 1 aliphatic rings. The lowest BCUT2D eigenvalue weighted by Gasteiger charge is -2.23. The van der Waals surface area contributed by atoms with Crippen LogP contribution in [0.3, 0.4) is 0 Å². The molecule has 2 heterocycles. The summed E-state index contributed by atoms with van der Waals surface area (Å²) in [4.78, 5) is 9.47. The van der Waals surface area contributed by atoms with E-state index in [1.54, 1.807) is 0 Å². The third-order valence-corrected chi connectivity index (χ3v) is 5.11. The van der Waals surface area contributed by atoms with E-state index in [4.69, 9.17) is 9.72 Å². The first kappa shape index (κ1) is 16.3. The Morgan fingerprint density at radius 2 is 2.25 bits per heavy atom. The summed E-state index contributed by atoms with van der Waals surface area (Å²) in [5.41, 5.74) is 1.14. The Kier molecular flexibility index (Phi) is 6.35. The summed E-state index contributed by atoms with van der Waals surface area (Å²) < 4.78 is 6.96. The molecule has 1 atom stereocenters. The van der Waals surface area contributed by atoms with Crippen molar-refractivity contribution in [2.75, 3.05) is 30.0 Å². The van der Waals surface area contributed by atoms with Gasteiger partial charge in [-0.05, 0) is 41.9 Å². The molecule has 1 saturated heterocycles. The summed E-state index contributed by atoms with van der Waals surface area (Å²) in [6, 6.07) is 0. The minimum atomic E-state index is 0.0362. The van der Waals surface area contributed by atoms with Gasteiger partial charge in [-0.1, -0.05) is 13.8 Å². The number of aromatic nitrogens is 2. The van der Waals surface area contributed by atoms with Crippen LogP contribution in [0.25, 0.3) is 0 Å². The Morgan fingerprint density at radius 3 is 2.85 bits per heavy atom. The standard InChI is InChI=1S/C14H22IN3OS/c1-4-16-14-12(15)10(7-9(2)3)17-13(18-14)11-8-20-6-5-19-11/h9,11H,4-8H2,1-3H3,(H,16,17,18). The van der Waals surface area contributed by atoms with E-state index in [1.165, 1.54) is 0 Å². The smallest absolute Gasteiger partial charge is 0.160 e. The number of nitrogens with one attached hydrogen (secondary N) is 1. The molecule has 2 rings (SSSR count). The Balaban J connectivity index is 2.32. The highest BCUT2D eigenvalue weighted by Gasteiger charge is 2.22. The molecule has 112 valence electrons. The van der Waals surface area contributed by atoms with Crippen molar-refractivity contribution in [3.05, 3.63) is 15.1 Å². The lowest BCUT2D eigenvalue weighted by Crippen LogP contribution is -2.20. The summed E-state index contributed by atoms with van der Waals surface area (Å²) in [5, 5.41) is 3.35. The molecule has 1 fully saturated rings. The van der Waals surface area contributed by atoms with Gasteiger partial charge in [-0.2, -0.15) is 11.8 Å². The number of halogens is 1. The van der Waals surface area contributed by atoms with E-state index < -0.39 is 0 Å². The molecule has 1 aromatic heterocycles. The number of anilines is 1. The Hall–Kier alpha value is -0.0800. The van der Waals surface area contributed by atoms with E-state index in [9.17, 15) is 0 Å². The van der Waals surface area contributed by atoms with Crippen LogP contribution in [0, 0.1) is 9.49 Å². The molecule has 0 amide bonds. The second-order valence-electron chi connectivity index (χ2n) is 5.25. The maximum Gasteiger partial charge on any atom is 0.160 e. The highest BCUT2D eigenvalue weighted by Crippen LogP contribution is 2.28. The first-order chi connectivity index (χ1) is 9.61. The van der Waals surface area contributed by atoms with Crippen molar-refractivity contribution in [1.29, 1.82) is 0 Å². The third-order valence-electron chi connectivity index (χ3n) is 2.99. The van der Waals surface area contributed by atoms with E-state index in [-0.39, 0.29) is 6.10 Å². The summed E-state index contributed by atoms with van der Waals surface area (Å²) in [6.45, 7) is 8.19. The van der Waals surface area contributed by atoms with Gasteiger partial charge in [0.2, 0.25) is 0 Å². The van der Waals surface area contributed by atoms with E-state index in [2.05, 4.69) is 53.7 Å². The minimum Gasteiger partial charge on any atom is -0.369 e. The van der Waals surface area contributed by atoms with Gasteiger partial charge in [-0.15, -0.1) is 0 Å². The fourth-order valence-electron chi connectivity index (χ4n) is 2.10. The van der Waals surface area contributed by atoms with Gasteiger partial charge in [0, 0.05) is 18.1 Å². The molecule has 0 aromatic carbocycles. The second kappa shape index (κ2) is 7.79. The number of ether oxygens (including phenoxy) is 1. The van der Waals surface area contributed by atoms with Crippen molar-refractivity contribution in [2.45, 2.75) is 33.3 Å².